The van der Waals surface area contributed by atoms with Gasteiger partial charge in [-0.05, 0) is 44.4 Å². The van der Waals surface area contributed by atoms with Gasteiger partial charge in [0, 0.05) is 12.8 Å². The summed E-state index contributed by atoms with van der Waals surface area (Å²) < 4.78 is 10.3. The highest BCUT2D eigenvalue weighted by atomic mass is 16.6. The molecule has 0 bridgehead atoms. The minimum Gasteiger partial charge on any atom is -0.463 e. The lowest BCUT2D eigenvalue weighted by atomic mass is 9.99. The zero-order chi connectivity index (χ0) is 39.0. The first-order valence-electron chi connectivity index (χ1n) is 22.8. The van der Waals surface area contributed by atoms with Gasteiger partial charge in [-0.2, -0.15) is 0 Å². The standard InChI is InChI=1S/C46H88O7/c1-4-6-7-8-25-30-35-43(48)44(49)36-31-26-23-28-33-38-46(51)53-40-42(47)39-52-45(50)37-32-27-22-20-18-16-14-12-10-9-11-13-15-17-19-21-24-29-34-41(3)5-2/h25,30,41-44,47-49H,4-24,26-29,31-40H2,1-3H3/b30-25-/t41?,42-,43-,44-/m1/s1. The number of aliphatic hydroxyl groups excluding tert-OH is 3. The van der Waals surface area contributed by atoms with Crippen molar-refractivity contribution in [2.75, 3.05) is 13.2 Å². The lowest BCUT2D eigenvalue weighted by molar-refractivity contribution is -0.152. The third-order valence-electron chi connectivity index (χ3n) is 10.7. The number of allylic oxidation sites excluding steroid dienone is 1. The molecule has 0 aliphatic carbocycles. The lowest BCUT2D eigenvalue weighted by Gasteiger charge is -2.16. The maximum absolute atomic E-state index is 12.0. The minimum absolute atomic E-state index is 0.152. The van der Waals surface area contributed by atoms with Crippen LogP contribution >= 0.6 is 0 Å². The molecule has 4 atom stereocenters. The second-order valence-corrected chi connectivity index (χ2v) is 16.1. The Balaban J connectivity index is 3.47. The van der Waals surface area contributed by atoms with Crippen molar-refractivity contribution in [3.63, 3.8) is 0 Å². The van der Waals surface area contributed by atoms with Crippen LogP contribution in [0.3, 0.4) is 0 Å². The van der Waals surface area contributed by atoms with Gasteiger partial charge in [-0.25, -0.2) is 0 Å². The Bertz CT molecular complexity index is 816. The van der Waals surface area contributed by atoms with Gasteiger partial charge in [0.2, 0.25) is 0 Å². The van der Waals surface area contributed by atoms with Gasteiger partial charge >= 0.3 is 11.9 Å². The second kappa shape index (κ2) is 40.2. The van der Waals surface area contributed by atoms with Gasteiger partial charge in [0.25, 0.3) is 0 Å². The monoisotopic (exact) mass is 753 g/mol. The van der Waals surface area contributed by atoms with Gasteiger partial charge in [0.05, 0.1) is 12.2 Å². The molecule has 0 spiro atoms. The van der Waals surface area contributed by atoms with E-state index >= 15 is 0 Å². The molecule has 53 heavy (non-hydrogen) atoms. The maximum Gasteiger partial charge on any atom is 0.305 e. The van der Waals surface area contributed by atoms with Crippen molar-refractivity contribution in [2.24, 2.45) is 5.92 Å². The molecular formula is C46H88O7. The summed E-state index contributed by atoms with van der Waals surface area (Å²) in [5.74, 6) is 0.247. The van der Waals surface area contributed by atoms with Gasteiger partial charge in [-0.1, -0.05) is 193 Å². The Kier molecular flexibility index (Phi) is 39.1. The molecule has 0 aromatic heterocycles. The highest BCUT2D eigenvalue weighted by molar-refractivity contribution is 5.69. The number of carbonyl (C=O) groups excluding carboxylic acids is 2. The van der Waals surface area contributed by atoms with Crippen LogP contribution in [-0.2, 0) is 19.1 Å². The van der Waals surface area contributed by atoms with E-state index in [1.807, 2.05) is 6.08 Å². The highest BCUT2D eigenvalue weighted by Crippen LogP contribution is 2.17. The minimum atomic E-state index is -1.01. The van der Waals surface area contributed by atoms with Crippen molar-refractivity contribution in [1.29, 1.82) is 0 Å². The fourth-order valence-corrected chi connectivity index (χ4v) is 6.73. The van der Waals surface area contributed by atoms with Crippen LogP contribution in [0.4, 0.5) is 0 Å². The number of carbonyl (C=O) groups is 2. The van der Waals surface area contributed by atoms with E-state index in [1.165, 1.54) is 128 Å². The molecule has 0 aromatic rings. The van der Waals surface area contributed by atoms with Crippen molar-refractivity contribution in [3.8, 4) is 0 Å². The summed E-state index contributed by atoms with van der Waals surface area (Å²) in [5.41, 5.74) is 0. The number of aliphatic hydroxyl groups is 3. The Morgan fingerprint density at radius 2 is 0.887 bits per heavy atom. The van der Waals surface area contributed by atoms with Crippen LogP contribution in [0.5, 0.6) is 0 Å². The first-order valence-corrected chi connectivity index (χ1v) is 22.8. The lowest BCUT2D eigenvalue weighted by Crippen LogP contribution is -2.25. The molecule has 7 nitrogen and oxygen atoms in total. The number of ether oxygens (including phenoxy) is 2. The number of esters is 2. The largest absolute Gasteiger partial charge is 0.463 e. The van der Waals surface area contributed by atoms with E-state index in [2.05, 4.69) is 26.8 Å². The van der Waals surface area contributed by atoms with Crippen molar-refractivity contribution in [2.45, 2.75) is 251 Å². The number of rotatable bonds is 41. The number of unbranched alkanes of at least 4 members (excludes halogenated alkanes) is 24. The summed E-state index contributed by atoms with van der Waals surface area (Å²) in [7, 11) is 0. The fraction of sp³-hybridized carbons (Fsp3) is 0.913. The fourth-order valence-electron chi connectivity index (χ4n) is 6.73. The molecule has 0 aliphatic heterocycles. The van der Waals surface area contributed by atoms with Crippen LogP contribution in [0.2, 0.25) is 0 Å². The zero-order valence-electron chi connectivity index (χ0n) is 35.2. The van der Waals surface area contributed by atoms with Crippen LogP contribution in [0.15, 0.2) is 12.2 Å². The SMILES string of the molecule is CCCCC/C=C\C[C@@H](O)[C@H](O)CCCCCCCC(=O)OC[C@H](O)COC(=O)CCCCCCCCCCCCCCCCCCCCC(C)CC. The third-order valence-corrected chi connectivity index (χ3v) is 10.7. The van der Waals surface area contributed by atoms with E-state index in [-0.39, 0.29) is 31.6 Å². The Morgan fingerprint density at radius 1 is 0.491 bits per heavy atom. The van der Waals surface area contributed by atoms with E-state index in [0.29, 0.717) is 25.7 Å². The highest BCUT2D eigenvalue weighted by Gasteiger charge is 2.15. The molecule has 0 amide bonds. The molecule has 0 saturated carbocycles. The molecule has 0 rings (SSSR count). The van der Waals surface area contributed by atoms with E-state index in [9.17, 15) is 24.9 Å². The van der Waals surface area contributed by atoms with Crippen LogP contribution in [-0.4, -0.2) is 58.8 Å². The smallest absolute Gasteiger partial charge is 0.305 e. The predicted octanol–water partition coefficient (Wildman–Crippen LogP) is 12.3. The molecule has 0 fully saturated rings. The van der Waals surface area contributed by atoms with E-state index in [4.69, 9.17) is 9.47 Å². The summed E-state index contributed by atoms with van der Waals surface area (Å²) >= 11 is 0. The summed E-state index contributed by atoms with van der Waals surface area (Å²) in [4.78, 5) is 24.0. The first-order chi connectivity index (χ1) is 25.8. The Hall–Kier alpha value is -1.44. The first kappa shape index (κ1) is 51.6. The topological polar surface area (TPSA) is 113 Å². The molecule has 0 radical (unpaired) electrons. The average molecular weight is 753 g/mol. The Labute approximate surface area is 327 Å². The van der Waals surface area contributed by atoms with E-state index < -0.39 is 18.3 Å². The van der Waals surface area contributed by atoms with Crippen LogP contribution in [0.25, 0.3) is 0 Å². The summed E-state index contributed by atoms with van der Waals surface area (Å²) in [6.45, 7) is 6.54. The van der Waals surface area contributed by atoms with Crippen LogP contribution in [0.1, 0.15) is 233 Å². The van der Waals surface area contributed by atoms with Gasteiger partial charge in [-0.15, -0.1) is 0 Å². The molecule has 3 N–H and O–H groups in total. The van der Waals surface area contributed by atoms with Crippen molar-refractivity contribution in [1.82, 2.24) is 0 Å². The summed E-state index contributed by atoms with van der Waals surface area (Å²) in [6.07, 6.45) is 38.7. The van der Waals surface area contributed by atoms with Crippen LogP contribution in [0, 0.1) is 5.92 Å². The molecule has 0 saturated heterocycles. The van der Waals surface area contributed by atoms with Gasteiger partial charge in [-0.3, -0.25) is 9.59 Å². The zero-order valence-corrected chi connectivity index (χ0v) is 35.2. The van der Waals surface area contributed by atoms with Gasteiger partial charge < -0.3 is 24.8 Å². The molecule has 1 unspecified atom stereocenters. The molecule has 0 aromatic carbocycles. The molecule has 314 valence electrons. The second-order valence-electron chi connectivity index (χ2n) is 16.1. The Morgan fingerprint density at radius 3 is 1.30 bits per heavy atom. The number of hydrogen-bond acceptors (Lipinski definition) is 7. The van der Waals surface area contributed by atoms with Gasteiger partial charge in [0.1, 0.15) is 19.3 Å². The average Bonchev–Trinajstić information content (AvgIpc) is 3.15. The van der Waals surface area contributed by atoms with Gasteiger partial charge in [0.15, 0.2) is 0 Å². The number of hydrogen-bond donors (Lipinski definition) is 3. The molecular weight excluding hydrogens is 664 g/mol. The van der Waals surface area contributed by atoms with Crippen LogP contribution < -0.4 is 0 Å². The normalized spacial score (nSPS) is 14.0. The van der Waals surface area contributed by atoms with Crippen molar-refractivity contribution >= 4 is 11.9 Å². The quantitative estimate of drug-likeness (QED) is 0.0324. The van der Waals surface area contributed by atoms with E-state index in [0.717, 1.165) is 57.3 Å². The summed E-state index contributed by atoms with van der Waals surface area (Å²) in [6, 6.07) is 0. The summed E-state index contributed by atoms with van der Waals surface area (Å²) in [5, 5.41) is 30.3. The molecule has 0 heterocycles. The maximum atomic E-state index is 12.0. The van der Waals surface area contributed by atoms with Crippen molar-refractivity contribution < 1.29 is 34.4 Å². The molecule has 7 heteroatoms. The predicted molar refractivity (Wildman–Crippen MR) is 222 cm³/mol. The van der Waals surface area contributed by atoms with Crippen molar-refractivity contribution in [3.05, 3.63) is 12.2 Å². The van der Waals surface area contributed by atoms with E-state index in [1.54, 1.807) is 0 Å². The third kappa shape index (κ3) is 38.6. The molecule has 0 aliphatic rings.